The summed E-state index contributed by atoms with van der Waals surface area (Å²) >= 11 is 7.03. The molecule has 1 aromatic heterocycles. The van der Waals surface area contributed by atoms with E-state index in [1.54, 1.807) is 6.20 Å². The fourth-order valence-electron chi connectivity index (χ4n) is 2.12. The molecule has 20 heavy (non-hydrogen) atoms. The zero-order chi connectivity index (χ0) is 14.3. The Labute approximate surface area is 134 Å². The lowest BCUT2D eigenvalue weighted by Crippen LogP contribution is -2.32. The van der Waals surface area contributed by atoms with E-state index >= 15 is 0 Å². The van der Waals surface area contributed by atoms with Crippen molar-refractivity contribution >= 4 is 37.6 Å². The number of aromatic nitrogens is 1. The monoisotopic (exact) mass is 394 g/mol. The van der Waals surface area contributed by atoms with Crippen molar-refractivity contribution in [1.82, 2.24) is 4.98 Å². The Hall–Kier alpha value is -1.20. The summed E-state index contributed by atoms with van der Waals surface area (Å²) in [4.78, 5) is 9.10. The quantitative estimate of drug-likeness (QED) is 0.708. The van der Waals surface area contributed by atoms with Gasteiger partial charge in [0.05, 0.1) is 11.4 Å². The Morgan fingerprint density at radius 3 is 2.55 bits per heavy atom. The highest BCUT2D eigenvalue weighted by Crippen LogP contribution is 2.37. The average molecular weight is 396 g/mol. The molecule has 0 radical (unpaired) electrons. The van der Waals surface area contributed by atoms with Gasteiger partial charge >= 0.3 is 0 Å². The maximum Gasteiger partial charge on any atom is 0.195 e. The van der Waals surface area contributed by atoms with Crippen LogP contribution in [0.25, 0.3) is 0 Å². The molecule has 0 spiro atoms. The number of hydrogen-bond donors (Lipinski definition) is 0. The van der Waals surface area contributed by atoms with Gasteiger partial charge in [0, 0.05) is 20.7 Å². The van der Waals surface area contributed by atoms with Crippen LogP contribution >= 0.6 is 31.9 Å². The van der Waals surface area contributed by atoms with Gasteiger partial charge in [-0.1, -0.05) is 6.07 Å². The third kappa shape index (κ3) is 2.52. The van der Waals surface area contributed by atoms with Gasteiger partial charge in [-0.15, -0.1) is 0 Å². The molecule has 0 saturated heterocycles. The summed E-state index contributed by atoms with van der Waals surface area (Å²) < 4.78 is 7.86. The molecule has 1 aliphatic heterocycles. The largest absolute Gasteiger partial charge is 0.466 e. The first-order chi connectivity index (χ1) is 9.46. The lowest BCUT2D eigenvalue weighted by atomic mass is 10.0. The summed E-state index contributed by atoms with van der Waals surface area (Å²) in [5.74, 6) is 0.806. The highest BCUT2D eigenvalue weighted by Gasteiger charge is 2.29. The van der Waals surface area contributed by atoms with Gasteiger partial charge in [-0.3, -0.25) is 4.98 Å². The van der Waals surface area contributed by atoms with Crippen LogP contribution in [-0.4, -0.2) is 16.4 Å². The maximum atomic E-state index is 5.94. The van der Waals surface area contributed by atoms with Crippen LogP contribution in [0.2, 0.25) is 0 Å². The first-order valence-electron chi connectivity index (χ1n) is 6.16. The highest BCUT2D eigenvalue weighted by molar-refractivity contribution is 9.13. The second kappa shape index (κ2) is 4.97. The predicted octanol–water partition coefficient (Wildman–Crippen LogP) is 4.57. The van der Waals surface area contributed by atoms with E-state index < -0.39 is 5.72 Å². The van der Waals surface area contributed by atoms with Crippen LogP contribution in [0.1, 0.15) is 25.1 Å². The van der Waals surface area contributed by atoms with Crippen molar-refractivity contribution in [3.8, 4) is 5.75 Å². The first kappa shape index (κ1) is 13.8. The van der Waals surface area contributed by atoms with Gasteiger partial charge in [0.25, 0.3) is 0 Å². The molecule has 0 bridgehead atoms. The number of ether oxygens (including phenoxy) is 1. The lowest BCUT2D eigenvalue weighted by molar-refractivity contribution is 0.115. The number of aliphatic imine (C=N–C) groups is 1. The van der Waals surface area contributed by atoms with E-state index in [-0.39, 0.29) is 0 Å². The Bertz CT molecular complexity index is 697. The van der Waals surface area contributed by atoms with Crippen molar-refractivity contribution in [2.45, 2.75) is 19.6 Å². The predicted molar refractivity (Wildman–Crippen MR) is 86.4 cm³/mol. The fraction of sp³-hybridized carbons (Fsp3) is 0.200. The third-order valence-electron chi connectivity index (χ3n) is 2.93. The summed E-state index contributed by atoms with van der Waals surface area (Å²) in [6.45, 7) is 3.88. The molecule has 102 valence electrons. The number of halogens is 2. The molecule has 3 rings (SSSR count). The zero-order valence-corrected chi connectivity index (χ0v) is 14.2. The number of fused-ring (bicyclic) bond motifs is 1. The van der Waals surface area contributed by atoms with Gasteiger partial charge in [0.2, 0.25) is 0 Å². The van der Waals surface area contributed by atoms with Gasteiger partial charge < -0.3 is 4.74 Å². The molecule has 2 heterocycles. The molecule has 0 saturated carbocycles. The van der Waals surface area contributed by atoms with Gasteiger partial charge in [-0.25, -0.2) is 4.99 Å². The van der Waals surface area contributed by atoms with Gasteiger partial charge in [0.15, 0.2) is 5.72 Å². The van der Waals surface area contributed by atoms with Crippen molar-refractivity contribution in [2.24, 2.45) is 4.99 Å². The molecule has 1 aromatic carbocycles. The van der Waals surface area contributed by atoms with Crippen LogP contribution in [0.15, 0.2) is 50.5 Å². The second-order valence-electron chi connectivity index (χ2n) is 4.99. The Balaban J connectivity index is 2.23. The van der Waals surface area contributed by atoms with E-state index in [2.05, 4.69) is 36.8 Å². The van der Waals surface area contributed by atoms with Crippen LogP contribution < -0.4 is 4.74 Å². The van der Waals surface area contributed by atoms with E-state index in [0.29, 0.717) is 0 Å². The van der Waals surface area contributed by atoms with Gasteiger partial charge in [-0.2, -0.15) is 0 Å². The zero-order valence-electron chi connectivity index (χ0n) is 11.0. The molecule has 3 nitrogen and oxygen atoms in total. The normalized spacial score (nSPS) is 16.1. The fourth-order valence-corrected chi connectivity index (χ4v) is 2.78. The summed E-state index contributed by atoms with van der Waals surface area (Å²) in [6.07, 6.45) is 1.77. The Morgan fingerprint density at radius 2 is 1.85 bits per heavy atom. The van der Waals surface area contributed by atoms with E-state index in [0.717, 1.165) is 31.7 Å². The van der Waals surface area contributed by atoms with E-state index in [1.165, 1.54) is 0 Å². The first-order valence-corrected chi connectivity index (χ1v) is 7.74. The van der Waals surface area contributed by atoms with Crippen molar-refractivity contribution in [3.05, 3.63) is 56.7 Å². The van der Waals surface area contributed by atoms with E-state index in [4.69, 9.17) is 9.73 Å². The van der Waals surface area contributed by atoms with Crippen LogP contribution in [0.3, 0.4) is 0 Å². The lowest BCUT2D eigenvalue weighted by Gasteiger charge is -2.30. The number of nitrogens with zero attached hydrogens (tertiary/aromatic N) is 2. The minimum atomic E-state index is -0.604. The number of pyridine rings is 1. The van der Waals surface area contributed by atoms with Gasteiger partial charge in [-0.05, 0) is 70.0 Å². The molecule has 2 aromatic rings. The summed E-state index contributed by atoms with van der Waals surface area (Å²) in [5, 5.41) is 0. The molecular weight excluding hydrogens is 384 g/mol. The molecular formula is C15H12Br2N2O. The molecule has 0 N–H and O–H groups in total. The van der Waals surface area contributed by atoms with Crippen molar-refractivity contribution in [3.63, 3.8) is 0 Å². The van der Waals surface area contributed by atoms with Gasteiger partial charge in [0.1, 0.15) is 5.75 Å². The average Bonchev–Trinajstić information content (AvgIpc) is 2.40. The molecule has 1 aliphatic rings. The number of rotatable bonds is 1. The van der Waals surface area contributed by atoms with Crippen molar-refractivity contribution in [2.75, 3.05) is 0 Å². The van der Waals surface area contributed by atoms with Crippen LogP contribution in [-0.2, 0) is 0 Å². The number of benzene rings is 1. The molecule has 0 aliphatic carbocycles. The number of hydrogen-bond acceptors (Lipinski definition) is 3. The second-order valence-corrected chi connectivity index (χ2v) is 6.70. The summed E-state index contributed by atoms with van der Waals surface area (Å²) in [6, 6.07) is 9.77. The van der Waals surface area contributed by atoms with Crippen molar-refractivity contribution < 1.29 is 4.74 Å². The van der Waals surface area contributed by atoms with Crippen LogP contribution in [0.4, 0.5) is 0 Å². The molecule has 0 fully saturated rings. The molecule has 0 atom stereocenters. The minimum Gasteiger partial charge on any atom is -0.466 e. The third-order valence-corrected chi connectivity index (χ3v) is 4.77. The van der Waals surface area contributed by atoms with Crippen molar-refractivity contribution in [1.29, 1.82) is 0 Å². The smallest absolute Gasteiger partial charge is 0.195 e. The highest BCUT2D eigenvalue weighted by atomic mass is 79.9. The standard InChI is InChI=1S/C15H12Br2N2O/c1-15(2)19-14(12-5-3-4-6-18-12)9-7-10(16)11(17)8-13(9)20-15/h3-8H,1-2H3. The SMILES string of the molecule is CC1(C)N=C(c2ccccn2)c2cc(Br)c(Br)cc2O1. The van der Waals surface area contributed by atoms with Crippen LogP contribution in [0, 0.1) is 0 Å². The minimum absolute atomic E-state index is 0.604. The molecule has 5 heteroatoms. The summed E-state index contributed by atoms with van der Waals surface area (Å²) in [5.41, 5.74) is 2.04. The Kier molecular flexibility index (Phi) is 3.42. The van der Waals surface area contributed by atoms with Crippen LogP contribution in [0.5, 0.6) is 5.75 Å². The molecule has 0 amide bonds. The summed E-state index contributed by atoms with van der Waals surface area (Å²) in [7, 11) is 0. The maximum absolute atomic E-state index is 5.94. The Morgan fingerprint density at radius 1 is 1.10 bits per heavy atom. The molecule has 0 unspecified atom stereocenters. The van der Waals surface area contributed by atoms with E-state index in [1.807, 2.05) is 44.2 Å². The van der Waals surface area contributed by atoms with E-state index in [9.17, 15) is 0 Å². The topological polar surface area (TPSA) is 34.5 Å².